The number of benzene rings is 2. The summed E-state index contributed by atoms with van der Waals surface area (Å²) in [6.07, 6.45) is 0. The van der Waals surface area contributed by atoms with E-state index in [1.807, 2.05) is 51.1 Å². The normalized spacial score (nSPS) is 10.2. The van der Waals surface area contributed by atoms with Crippen molar-refractivity contribution >= 4 is 28.9 Å². The third kappa shape index (κ3) is 3.47. The van der Waals surface area contributed by atoms with Gasteiger partial charge < -0.3 is 5.73 Å². The minimum atomic E-state index is -0.215. The summed E-state index contributed by atoms with van der Waals surface area (Å²) in [5.74, 6) is -0.215. The van der Waals surface area contributed by atoms with Crippen LogP contribution in [-0.4, -0.2) is 11.0 Å². The van der Waals surface area contributed by atoms with Crippen LogP contribution in [0.2, 0.25) is 0 Å². The van der Waals surface area contributed by atoms with Gasteiger partial charge in [0, 0.05) is 5.56 Å². The van der Waals surface area contributed by atoms with Gasteiger partial charge in [0.25, 0.3) is 5.91 Å². The number of hydrogen-bond acceptors (Lipinski definition) is 2. The summed E-state index contributed by atoms with van der Waals surface area (Å²) in [4.78, 5) is 14.1. The Morgan fingerprint density at radius 2 is 1.48 bits per heavy atom. The second kappa shape index (κ2) is 6.06. The van der Waals surface area contributed by atoms with Gasteiger partial charge in [-0.25, -0.2) is 0 Å². The van der Waals surface area contributed by atoms with Crippen LogP contribution in [-0.2, 0) is 0 Å². The monoisotopic (exact) mass is 298 g/mol. The van der Waals surface area contributed by atoms with Crippen LogP contribution in [0.1, 0.15) is 27.0 Å². The number of nitrogens with zero attached hydrogens (tertiary/aromatic N) is 1. The van der Waals surface area contributed by atoms with E-state index >= 15 is 0 Å². The average Bonchev–Trinajstić information content (AvgIpc) is 2.37. The molecule has 3 nitrogen and oxygen atoms in total. The van der Waals surface area contributed by atoms with Gasteiger partial charge in [-0.3, -0.25) is 9.69 Å². The van der Waals surface area contributed by atoms with E-state index in [2.05, 4.69) is 0 Å². The summed E-state index contributed by atoms with van der Waals surface area (Å²) >= 11 is 5.07. The van der Waals surface area contributed by atoms with Crippen LogP contribution >= 0.6 is 12.2 Å². The number of amides is 1. The molecule has 0 aliphatic rings. The van der Waals surface area contributed by atoms with Crippen LogP contribution in [0.4, 0.5) is 5.69 Å². The Labute approximate surface area is 130 Å². The molecule has 0 aliphatic heterocycles. The number of carbonyl (C=O) groups is 1. The summed E-state index contributed by atoms with van der Waals surface area (Å²) in [6.45, 7) is 5.93. The van der Waals surface area contributed by atoms with Crippen molar-refractivity contribution in [3.05, 3.63) is 64.7 Å². The Hall–Kier alpha value is -2.20. The number of nitrogens with two attached hydrogens (primary N) is 1. The summed E-state index contributed by atoms with van der Waals surface area (Å²) in [5, 5.41) is 0.0468. The fraction of sp³-hybridized carbons (Fsp3) is 0.176. The predicted molar refractivity (Wildman–Crippen MR) is 90.7 cm³/mol. The molecule has 0 aromatic heterocycles. The van der Waals surface area contributed by atoms with E-state index in [1.54, 1.807) is 12.1 Å². The summed E-state index contributed by atoms with van der Waals surface area (Å²) in [7, 11) is 0. The van der Waals surface area contributed by atoms with Crippen molar-refractivity contribution in [1.29, 1.82) is 0 Å². The van der Waals surface area contributed by atoms with Crippen molar-refractivity contribution in [1.82, 2.24) is 0 Å². The highest BCUT2D eigenvalue weighted by Crippen LogP contribution is 2.21. The van der Waals surface area contributed by atoms with E-state index < -0.39 is 0 Å². The first-order valence-corrected chi connectivity index (χ1v) is 7.08. The molecule has 0 spiro atoms. The molecule has 4 heteroatoms. The molecule has 0 heterocycles. The van der Waals surface area contributed by atoms with Gasteiger partial charge in [0.1, 0.15) is 0 Å². The Morgan fingerprint density at radius 1 is 0.952 bits per heavy atom. The third-order valence-electron chi connectivity index (χ3n) is 3.19. The molecule has 2 rings (SSSR count). The van der Waals surface area contributed by atoms with Crippen LogP contribution in [0.25, 0.3) is 0 Å². The lowest BCUT2D eigenvalue weighted by Crippen LogP contribution is -2.40. The van der Waals surface area contributed by atoms with E-state index in [-0.39, 0.29) is 11.0 Å². The van der Waals surface area contributed by atoms with E-state index in [9.17, 15) is 4.79 Å². The van der Waals surface area contributed by atoms with Crippen molar-refractivity contribution in [2.45, 2.75) is 20.8 Å². The molecule has 1 amide bonds. The minimum Gasteiger partial charge on any atom is -0.376 e. The first kappa shape index (κ1) is 15.2. The van der Waals surface area contributed by atoms with E-state index in [4.69, 9.17) is 18.0 Å². The van der Waals surface area contributed by atoms with Crippen LogP contribution in [0.15, 0.2) is 42.5 Å². The minimum absolute atomic E-state index is 0.0468. The summed E-state index contributed by atoms with van der Waals surface area (Å²) in [6, 6.07) is 13.2. The summed E-state index contributed by atoms with van der Waals surface area (Å²) in [5.41, 5.74) is 10.2. The maximum atomic E-state index is 12.7. The smallest absolute Gasteiger partial charge is 0.264 e. The van der Waals surface area contributed by atoms with E-state index in [0.29, 0.717) is 11.3 Å². The second-order valence-corrected chi connectivity index (χ2v) is 5.61. The highest BCUT2D eigenvalue weighted by atomic mass is 32.1. The fourth-order valence-electron chi connectivity index (χ4n) is 2.25. The van der Waals surface area contributed by atoms with Gasteiger partial charge in [-0.1, -0.05) is 23.8 Å². The van der Waals surface area contributed by atoms with Gasteiger partial charge in [0.05, 0.1) is 5.69 Å². The first-order valence-electron chi connectivity index (χ1n) is 6.67. The Kier molecular flexibility index (Phi) is 4.38. The van der Waals surface area contributed by atoms with E-state index in [1.165, 1.54) is 4.90 Å². The molecular weight excluding hydrogens is 280 g/mol. The fourth-order valence-corrected chi connectivity index (χ4v) is 2.44. The lowest BCUT2D eigenvalue weighted by molar-refractivity contribution is 0.100. The van der Waals surface area contributed by atoms with E-state index in [0.717, 1.165) is 16.7 Å². The van der Waals surface area contributed by atoms with Gasteiger partial charge in [-0.05, 0) is 68.4 Å². The molecule has 0 atom stereocenters. The summed E-state index contributed by atoms with van der Waals surface area (Å²) < 4.78 is 0. The van der Waals surface area contributed by atoms with Crippen molar-refractivity contribution in [3.8, 4) is 0 Å². The lowest BCUT2D eigenvalue weighted by Gasteiger charge is -2.22. The quantitative estimate of drug-likeness (QED) is 0.863. The zero-order valence-electron chi connectivity index (χ0n) is 12.4. The molecule has 2 aromatic rings. The third-order valence-corrected chi connectivity index (χ3v) is 3.37. The van der Waals surface area contributed by atoms with Crippen LogP contribution in [0, 0.1) is 20.8 Å². The maximum absolute atomic E-state index is 12.7. The zero-order chi connectivity index (χ0) is 15.6. The highest BCUT2D eigenvalue weighted by Gasteiger charge is 2.20. The molecule has 108 valence electrons. The molecule has 0 bridgehead atoms. The SMILES string of the molecule is Cc1ccc(C(=O)N(C(N)=S)c2cc(C)cc(C)c2)cc1. The largest absolute Gasteiger partial charge is 0.376 e. The number of rotatable bonds is 2. The number of aryl methyl sites for hydroxylation is 3. The molecule has 21 heavy (non-hydrogen) atoms. The standard InChI is InChI=1S/C17H18N2OS/c1-11-4-6-14(7-5-11)16(20)19(17(18)21)15-9-12(2)8-13(3)10-15/h4-10H,1-3H3,(H2,18,21). The predicted octanol–water partition coefficient (Wildman–Crippen LogP) is 3.50. The Morgan fingerprint density at radius 3 is 1.95 bits per heavy atom. The molecule has 0 aliphatic carbocycles. The molecule has 0 saturated heterocycles. The van der Waals surface area contributed by atoms with Gasteiger partial charge in [-0.15, -0.1) is 0 Å². The average molecular weight is 298 g/mol. The second-order valence-electron chi connectivity index (χ2n) is 5.19. The van der Waals surface area contributed by atoms with Gasteiger partial charge in [0.15, 0.2) is 5.11 Å². The van der Waals surface area contributed by atoms with Gasteiger partial charge in [0.2, 0.25) is 0 Å². The molecule has 0 radical (unpaired) electrons. The Balaban J connectivity index is 2.45. The molecule has 2 N–H and O–H groups in total. The van der Waals surface area contributed by atoms with Crippen molar-refractivity contribution in [2.24, 2.45) is 5.73 Å². The molecule has 0 fully saturated rings. The molecule has 0 unspecified atom stereocenters. The number of thiocarbonyl (C=S) groups is 1. The maximum Gasteiger partial charge on any atom is 0.264 e. The topological polar surface area (TPSA) is 46.3 Å². The Bertz CT molecular complexity index is 672. The zero-order valence-corrected chi connectivity index (χ0v) is 13.2. The number of anilines is 1. The van der Waals surface area contributed by atoms with Crippen molar-refractivity contribution in [2.75, 3.05) is 4.90 Å². The van der Waals surface area contributed by atoms with Crippen molar-refractivity contribution < 1.29 is 4.79 Å². The molecular formula is C17H18N2OS. The molecule has 2 aromatic carbocycles. The van der Waals surface area contributed by atoms with Gasteiger partial charge >= 0.3 is 0 Å². The highest BCUT2D eigenvalue weighted by molar-refractivity contribution is 7.80. The number of hydrogen-bond donors (Lipinski definition) is 1. The van der Waals surface area contributed by atoms with Crippen LogP contribution in [0.3, 0.4) is 0 Å². The lowest BCUT2D eigenvalue weighted by atomic mass is 10.1. The number of carbonyl (C=O) groups excluding carboxylic acids is 1. The van der Waals surface area contributed by atoms with Crippen LogP contribution in [0.5, 0.6) is 0 Å². The van der Waals surface area contributed by atoms with Gasteiger partial charge in [-0.2, -0.15) is 0 Å². The van der Waals surface area contributed by atoms with Crippen molar-refractivity contribution in [3.63, 3.8) is 0 Å². The molecule has 0 saturated carbocycles. The van der Waals surface area contributed by atoms with Crippen LogP contribution < -0.4 is 10.6 Å². The first-order chi connectivity index (χ1) is 9.88.